The molecule has 3 heteroatoms. The van der Waals surface area contributed by atoms with Crippen molar-refractivity contribution in [1.29, 1.82) is 0 Å². The smallest absolute Gasteiger partial charge is 0.118 e. The summed E-state index contributed by atoms with van der Waals surface area (Å²) < 4.78 is 0. The molecule has 0 radical (unpaired) electrons. The normalized spacial score (nSPS) is 16.2. The molecule has 0 aliphatic heterocycles. The summed E-state index contributed by atoms with van der Waals surface area (Å²) in [6.07, 6.45) is 9.19. The molecular weight excluding hydrogens is 222 g/mol. The molecule has 3 nitrogen and oxygen atoms in total. The second-order valence-corrected chi connectivity index (χ2v) is 4.65. The van der Waals surface area contributed by atoms with Crippen molar-refractivity contribution in [2.45, 2.75) is 40.2 Å². The van der Waals surface area contributed by atoms with E-state index in [0.29, 0.717) is 5.82 Å². The second kappa shape index (κ2) is 9.66. The van der Waals surface area contributed by atoms with Crippen molar-refractivity contribution in [3.8, 4) is 0 Å². The number of nitrogens with one attached hydrogen (secondary N) is 1. The summed E-state index contributed by atoms with van der Waals surface area (Å²) >= 11 is 0. The number of nitrogens with zero attached hydrogens (tertiary/aromatic N) is 1. The van der Waals surface area contributed by atoms with Gasteiger partial charge >= 0.3 is 0 Å². The van der Waals surface area contributed by atoms with Gasteiger partial charge < -0.3 is 11.1 Å². The van der Waals surface area contributed by atoms with Gasteiger partial charge in [-0.15, -0.1) is 0 Å². The largest absolute Gasteiger partial charge is 0.367 e. The van der Waals surface area contributed by atoms with Crippen LogP contribution in [-0.2, 0) is 0 Å². The Morgan fingerprint density at radius 3 is 2.67 bits per heavy atom. The van der Waals surface area contributed by atoms with E-state index in [1.54, 1.807) is 0 Å². The van der Waals surface area contributed by atoms with Gasteiger partial charge in [-0.1, -0.05) is 37.3 Å². The first kappa shape index (κ1) is 16.6. The van der Waals surface area contributed by atoms with Crippen LogP contribution in [0.1, 0.15) is 34.1 Å². The third-order valence-electron chi connectivity index (χ3n) is 2.70. The monoisotopic (exact) mass is 249 g/mol. The lowest BCUT2D eigenvalue weighted by molar-refractivity contribution is 0.621. The molecule has 0 aromatic heterocycles. The summed E-state index contributed by atoms with van der Waals surface area (Å²) in [5, 5.41) is 3.18. The Balaban J connectivity index is 4.00. The van der Waals surface area contributed by atoms with Gasteiger partial charge in [0.15, 0.2) is 0 Å². The third kappa shape index (κ3) is 8.76. The first-order valence-electron chi connectivity index (χ1n) is 6.46. The zero-order chi connectivity index (χ0) is 14.0. The highest BCUT2D eigenvalue weighted by atomic mass is 15.0. The molecule has 0 bridgehead atoms. The molecule has 0 saturated carbocycles. The standard InChI is InChI=1S/C15H27N3/c1-6-7-8-9-12(2)10-17-15(5)18-11-13(3)14(4)16/h6-7,9,11,13-14,17H,5,8,10,16H2,1-4H3/b7-6-,12-9+,18-11-/t13?,14-/m1/s1. The quantitative estimate of drug-likeness (QED) is 0.513. The van der Waals surface area contributed by atoms with Gasteiger partial charge in [0.2, 0.25) is 0 Å². The van der Waals surface area contributed by atoms with E-state index in [-0.39, 0.29) is 12.0 Å². The number of hydrogen-bond donors (Lipinski definition) is 2. The van der Waals surface area contributed by atoms with Gasteiger partial charge in [0, 0.05) is 24.7 Å². The summed E-state index contributed by atoms with van der Waals surface area (Å²) in [5.74, 6) is 0.941. The van der Waals surface area contributed by atoms with Crippen molar-refractivity contribution in [2.24, 2.45) is 16.6 Å². The lowest BCUT2D eigenvalue weighted by Gasteiger charge is -2.10. The van der Waals surface area contributed by atoms with Crippen molar-refractivity contribution in [2.75, 3.05) is 6.54 Å². The summed E-state index contributed by atoms with van der Waals surface area (Å²) in [4.78, 5) is 4.26. The Morgan fingerprint density at radius 2 is 2.11 bits per heavy atom. The molecule has 0 spiro atoms. The lowest BCUT2D eigenvalue weighted by Crippen LogP contribution is -2.25. The van der Waals surface area contributed by atoms with E-state index < -0.39 is 0 Å². The molecule has 0 aliphatic carbocycles. The van der Waals surface area contributed by atoms with Crippen molar-refractivity contribution in [3.63, 3.8) is 0 Å². The van der Waals surface area contributed by atoms with Crippen LogP contribution in [-0.4, -0.2) is 18.8 Å². The van der Waals surface area contributed by atoms with Crippen LogP contribution in [0.25, 0.3) is 0 Å². The highest BCUT2D eigenvalue weighted by Gasteiger charge is 2.02. The molecule has 3 N–H and O–H groups in total. The van der Waals surface area contributed by atoms with E-state index in [0.717, 1.165) is 13.0 Å². The fraction of sp³-hybridized carbons (Fsp3) is 0.533. The molecule has 0 aromatic carbocycles. The highest BCUT2D eigenvalue weighted by Crippen LogP contribution is 1.99. The second-order valence-electron chi connectivity index (χ2n) is 4.65. The molecule has 2 atom stereocenters. The van der Waals surface area contributed by atoms with Crippen molar-refractivity contribution in [1.82, 2.24) is 5.32 Å². The molecule has 0 fully saturated rings. The molecule has 0 aromatic rings. The van der Waals surface area contributed by atoms with Crippen LogP contribution in [0.15, 0.2) is 41.2 Å². The van der Waals surface area contributed by atoms with E-state index in [2.05, 4.69) is 42.0 Å². The lowest BCUT2D eigenvalue weighted by atomic mass is 10.1. The molecule has 0 amide bonds. The predicted octanol–water partition coefficient (Wildman–Crippen LogP) is 3.01. The zero-order valence-corrected chi connectivity index (χ0v) is 12.1. The third-order valence-corrected chi connectivity index (χ3v) is 2.70. The summed E-state index contributed by atoms with van der Waals surface area (Å²) in [5.41, 5.74) is 7.04. The van der Waals surface area contributed by atoms with Gasteiger partial charge in [0.1, 0.15) is 5.82 Å². The Kier molecular flexibility index (Phi) is 8.93. The van der Waals surface area contributed by atoms with Crippen molar-refractivity contribution < 1.29 is 0 Å². The summed E-state index contributed by atoms with van der Waals surface area (Å²) in [7, 11) is 0. The zero-order valence-electron chi connectivity index (χ0n) is 12.1. The van der Waals surface area contributed by atoms with E-state index in [9.17, 15) is 0 Å². The maximum Gasteiger partial charge on any atom is 0.118 e. The molecule has 0 aliphatic rings. The fourth-order valence-corrected chi connectivity index (χ4v) is 1.11. The van der Waals surface area contributed by atoms with Crippen LogP contribution < -0.4 is 11.1 Å². The number of aliphatic imine (C=N–C) groups is 1. The number of allylic oxidation sites excluding steroid dienone is 3. The maximum absolute atomic E-state index is 5.76. The maximum atomic E-state index is 5.76. The Labute approximate surface area is 112 Å². The molecular formula is C15H27N3. The highest BCUT2D eigenvalue weighted by molar-refractivity contribution is 5.62. The number of nitrogens with two attached hydrogens (primary N) is 1. The number of hydrogen-bond acceptors (Lipinski definition) is 3. The van der Waals surface area contributed by atoms with Gasteiger partial charge in [-0.05, 0) is 27.2 Å². The van der Waals surface area contributed by atoms with E-state index in [1.165, 1.54) is 5.57 Å². The molecule has 0 heterocycles. The van der Waals surface area contributed by atoms with Crippen molar-refractivity contribution >= 4 is 6.21 Å². The molecule has 0 rings (SSSR count). The SMILES string of the molecule is C=C(/N=C\C(C)[C@@H](C)N)NC/C(C)=C/C/C=C\C. The molecule has 102 valence electrons. The van der Waals surface area contributed by atoms with Crippen LogP contribution in [0, 0.1) is 5.92 Å². The van der Waals surface area contributed by atoms with Crippen LogP contribution in [0.3, 0.4) is 0 Å². The summed E-state index contributed by atoms with van der Waals surface area (Å²) in [6, 6.07) is 0.115. The van der Waals surface area contributed by atoms with Crippen LogP contribution in [0.2, 0.25) is 0 Å². The first-order chi connectivity index (χ1) is 8.47. The minimum Gasteiger partial charge on any atom is -0.367 e. The Hall–Kier alpha value is -1.35. The molecule has 18 heavy (non-hydrogen) atoms. The average molecular weight is 249 g/mol. The molecule has 0 saturated heterocycles. The van der Waals surface area contributed by atoms with Gasteiger partial charge in [-0.25, -0.2) is 4.99 Å². The van der Waals surface area contributed by atoms with E-state index >= 15 is 0 Å². The Bertz CT molecular complexity index is 325. The van der Waals surface area contributed by atoms with Gasteiger partial charge in [0.25, 0.3) is 0 Å². The minimum absolute atomic E-state index is 0.115. The average Bonchev–Trinajstić information content (AvgIpc) is 2.33. The predicted molar refractivity (Wildman–Crippen MR) is 81.6 cm³/mol. The molecule has 1 unspecified atom stereocenters. The van der Waals surface area contributed by atoms with Crippen molar-refractivity contribution in [3.05, 3.63) is 36.2 Å². The topological polar surface area (TPSA) is 50.4 Å². The van der Waals surface area contributed by atoms with Gasteiger partial charge in [-0.2, -0.15) is 0 Å². The van der Waals surface area contributed by atoms with E-state index in [1.807, 2.05) is 27.0 Å². The first-order valence-corrected chi connectivity index (χ1v) is 6.46. The van der Waals surface area contributed by atoms with Gasteiger partial charge in [-0.3, -0.25) is 0 Å². The van der Waals surface area contributed by atoms with Crippen LogP contribution in [0.4, 0.5) is 0 Å². The van der Waals surface area contributed by atoms with Gasteiger partial charge in [0.05, 0.1) is 0 Å². The van der Waals surface area contributed by atoms with Crippen LogP contribution in [0.5, 0.6) is 0 Å². The van der Waals surface area contributed by atoms with Crippen LogP contribution >= 0.6 is 0 Å². The van der Waals surface area contributed by atoms with E-state index in [4.69, 9.17) is 5.73 Å². The minimum atomic E-state index is 0.115. The Morgan fingerprint density at radius 1 is 1.44 bits per heavy atom. The fourth-order valence-electron chi connectivity index (χ4n) is 1.11. The number of rotatable bonds is 8. The summed E-state index contributed by atoms with van der Waals surface area (Å²) in [6.45, 7) is 12.8.